The number of halogens is 1. The van der Waals surface area contributed by atoms with Crippen molar-refractivity contribution in [3.8, 4) is 0 Å². The minimum atomic E-state index is 0. The van der Waals surface area contributed by atoms with Gasteiger partial charge in [0.25, 0.3) is 0 Å². The number of hydrogen-bond donors (Lipinski definition) is 1. The highest BCUT2D eigenvalue weighted by atomic mass is 35.5. The lowest BCUT2D eigenvalue weighted by Gasteiger charge is -2.35. The summed E-state index contributed by atoms with van der Waals surface area (Å²) in [6.07, 6.45) is 3.86. The molecule has 0 amide bonds. The first kappa shape index (κ1) is 14.4. The lowest BCUT2D eigenvalue weighted by atomic mass is 10.2. The molecule has 0 aliphatic carbocycles. The van der Waals surface area contributed by atoms with Gasteiger partial charge in [-0.05, 0) is 0 Å². The highest BCUT2D eigenvalue weighted by molar-refractivity contribution is 5.85. The number of methoxy groups -OCH3 is 1. The van der Waals surface area contributed by atoms with E-state index < -0.39 is 0 Å². The van der Waals surface area contributed by atoms with Crippen LogP contribution in [0.15, 0.2) is 12.4 Å². The quantitative estimate of drug-likeness (QED) is 0.853. The molecule has 17 heavy (non-hydrogen) atoms. The molecule has 1 aromatic heterocycles. The first-order valence-electron chi connectivity index (χ1n) is 5.74. The van der Waals surface area contributed by atoms with Gasteiger partial charge in [-0.1, -0.05) is 0 Å². The molecule has 0 saturated carbocycles. The van der Waals surface area contributed by atoms with Crippen LogP contribution >= 0.6 is 12.4 Å². The van der Waals surface area contributed by atoms with Crippen LogP contribution in [0.2, 0.25) is 0 Å². The number of aryl methyl sites for hydroxylation is 1. The normalized spacial score (nSPS) is 21.2. The molecule has 2 heterocycles. The molecule has 2 rings (SSSR count). The van der Waals surface area contributed by atoms with Gasteiger partial charge < -0.3 is 14.6 Å². The van der Waals surface area contributed by atoms with Crippen LogP contribution in [0.4, 0.5) is 0 Å². The third-order valence-corrected chi connectivity index (χ3v) is 3.09. The van der Waals surface area contributed by atoms with E-state index in [1.807, 2.05) is 19.4 Å². The van der Waals surface area contributed by atoms with Crippen LogP contribution < -0.4 is 5.32 Å². The Morgan fingerprint density at radius 3 is 3.06 bits per heavy atom. The monoisotopic (exact) mass is 260 g/mol. The van der Waals surface area contributed by atoms with Crippen LogP contribution in [0.3, 0.4) is 0 Å². The average molecular weight is 261 g/mol. The van der Waals surface area contributed by atoms with Crippen LogP contribution in [-0.2, 0) is 11.8 Å². The standard InChI is InChI=1S/C11H20N4O.ClH/c1-14-5-4-13-11(14)10-9-12-3-6-15(10)7-8-16-2;/h4-5,10,12H,3,6-9H2,1-2H3;1H. The van der Waals surface area contributed by atoms with Crippen LogP contribution in [0.5, 0.6) is 0 Å². The van der Waals surface area contributed by atoms with Gasteiger partial charge in [0.1, 0.15) is 5.82 Å². The molecule has 1 N–H and O–H groups in total. The zero-order valence-corrected chi connectivity index (χ0v) is 11.2. The Hall–Kier alpha value is -0.620. The summed E-state index contributed by atoms with van der Waals surface area (Å²) in [5.41, 5.74) is 0. The molecule has 1 aliphatic heterocycles. The largest absolute Gasteiger partial charge is 0.383 e. The van der Waals surface area contributed by atoms with Gasteiger partial charge in [0, 0.05) is 52.7 Å². The summed E-state index contributed by atoms with van der Waals surface area (Å²) in [6.45, 7) is 4.82. The second-order valence-electron chi connectivity index (χ2n) is 4.15. The van der Waals surface area contributed by atoms with Crippen LogP contribution in [-0.4, -0.2) is 54.3 Å². The fraction of sp³-hybridized carbons (Fsp3) is 0.727. The number of piperazine rings is 1. The van der Waals surface area contributed by atoms with Crippen molar-refractivity contribution < 1.29 is 4.74 Å². The molecule has 1 fully saturated rings. The fourth-order valence-corrected chi connectivity index (χ4v) is 2.18. The van der Waals surface area contributed by atoms with Crippen molar-refractivity contribution in [3.05, 3.63) is 18.2 Å². The lowest BCUT2D eigenvalue weighted by molar-refractivity contribution is 0.0989. The summed E-state index contributed by atoms with van der Waals surface area (Å²) in [5.74, 6) is 1.13. The number of aromatic nitrogens is 2. The highest BCUT2D eigenvalue weighted by Gasteiger charge is 2.25. The predicted molar refractivity (Wildman–Crippen MR) is 69.5 cm³/mol. The first-order valence-corrected chi connectivity index (χ1v) is 5.74. The van der Waals surface area contributed by atoms with Crippen molar-refractivity contribution >= 4 is 12.4 Å². The Balaban J connectivity index is 0.00000144. The second-order valence-corrected chi connectivity index (χ2v) is 4.15. The van der Waals surface area contributed by atoms with Crippen molar-refractivity contribution in [1.29, 1.82) is 0 Å². The smallest absolute Gasteiger partial charge is 0.127 e. The van der Waals surface area contributed by atoms with E-state index in [9.17, 15) is 0 Å². The van der Waals surface area contributed by atoms with Crippen molar-refractivity contribution in [2.45, 2.75) is 6.04 Å². The molecule has 1 atom stereocenters. The minimum Gasteiger partial charge on any atom is -0.383 e. The molecule has 6 heteroatoms. The number of rotatable bonds is 4. The van der Waals surface area contributed by atoms with Gasteiger partial charge >= 0.3 is 0 Å². The zero-order valence-electron chi connectivity index (χ0n) is 10.4. The van der Waals surface area contributed by atoms with Gasteiger partial charge in [0.2, 0.25) is 0 Å². The molecule has 5 nitrogen and oxygen atoms in total. The third kappa shape index (κ3) is 3.42. The Labute approximate surface area is 109 Å². The van der Waals surface area contributed by atoms with Crippen LogP contribution in [0.25, 0.3) is 0 Å². The van der Waals surface area contributed by atoms with Crippen LogP contribution in [0.1, 0.15) is 11.9 Å². The van der Waals surface area contributed by atoms with Gasteiger partial charge in [-0.25, -0.2) is 4.98 Å². The summed E-state index contributed by atoms with van der Waals surface area (Å²) in [5, 5.41) is 3.42. The summed E-state index contributed by atoms with van der Waals surface area (Å²) in [4.78, 5) is 6.87. The van der Waals surface area contributed by atoms with Crippen molar-refractivity contribution in [1.82, 2.24) is 19.8 Å². The molecule has 1 unspecified atom stereocenters. The molecule has 0 aromatic carbocycles. The zero-order chi connectivity index (χ0) is 11.4. The maximum atomic E-state index is 5.15. The maximum Gasteiger partial charge on any atom is 0.127 e. The van der Waals surface area contributed by atoms with Gasteiger partial charge in [-0.15, -0.1) is 12.4 Å². The predicted octanol–water partition coefficient (Wildman–Crippen LogP) is 0.435. The van der Waals surface area contributed by atoms with Crippen molar-refractivity contribution in [3.63, 3.8) is 0 Å². The van der Waals surface area contributed by atoms with E-state index in [4.69, 9.17) is 4.74 Å². The second kappa shape index (κ2) is 6.96. The number of nitrogens with zero attached hydrogens (tertiary/aromatic N) is 3. The number of hydrogen-bond acceptors (Lipinski definition) is 4. The molecule has 0 spiro atoms. The molecule has 0 bridgehead atoms. The molecule has 0 radical (unpaired) electrons. The SMILES string of the molecule is COCCN1CCNCC1c1nccn1C.Cl. The third-order valence-electron chi connectivity index (χ3n) is 3.09. The minimum absolute atomic E-state index is 0. The van der Waals surface area contributed by atoms with E-state index in [0.717, 1.165) is 38.6 Å². The average Bonchev–Trinajstić information content (AvgIpc) is 2.73. The summed E-state index contributed by atoms with van der Waals surface area (Å²) in [6, 6.07) is 0.365. The van der Waals surface area contributed by atoms with Crippen LogP contribution in [0, 0.1) is 0 Å². The van der Waals surface area contributed by atoms with Crippen molar-refractivity contribution in [2.24, 2.45) is 7.05 Å². The molecule has 98 valence electrons. The maximum absolute atomic E-state index is 5.15. The van der Waals surface area contributed by atoms with Gasteiger partial charge in [0.15, 0.2) is 0 Å². The summed E-state index contributed by atoms with van der Waals surface area (Å²) >= 11 is 0. The number of ether oxygens (including phenoxy) is 1. The molecule has 1 saturated heterocycles. The Bertz CT molecular complexity index is 331. The van der Waals surface area contributed by atoms with Gasteiger partial charge in [0.05, 0.1) is 12.6 Å². The van der Waals surface area contributed by atoms with Gasteiger partial charge in [-0.3, -0.25) is 4.90 Å². The topological polar surface area (TPSA) is 42.3 Å². The highest BCUT2D eigenvalue weighted by Crippen LogP contribution is 2.19. The summed E-state index contributed by atoms with van der Waals surface area (Å²) < 4.78 is 7.25. The molecule has 1 aromatic rings. The van der Waals surface area contributed by atoms with E-state index in [2.05, 4.69) is 19.8 Å². The fourth-order valence-electron chi connectivity index (χ4n) is 2.18. The molecular formula is C11H21ClN4O. The number of imidazole rings is 1. The number of nitrogens with one attached hydrogen (secondary N) is 1. The van der Waals surface area contributed by atoms with E-state index in [-0.39, 0.29) is 12.4 Å². The Morgan fingerprint density at radius 2 is 2.41 bits per heavy atom. The van der Waals surface area contributed by atoms with Crippen molar-refractivity contribution in [2.75, 3.05) is 39.9 Å². The van der Waals surface area contributed by atoms with E-state index in [1.54, 1.807) is 7.11 Å². The Kier molecular flexibility index (Phi) is 5.91. The lowest BCUT2D eigenvalue weighted by Crippen LogP contribution is -2.47. The molecular weight excluding hydrogens is 240 g/mol. The van der Waals surface area contributed by atoms with E-state index in [0.29, 0.717) is 6.04 Å². The Morgan fingerprint density at radius 1 is 1.59 bits per heavy atom. The molecule has 1 aliphatic rings. The van der Waals surface area contributed by atoms with E-state index >= 15 is 0 Å². The first-order chi connectivity index (χ1) is 7.83. The summed E-state index contributed by atoms with van der Waals surface area (Å²) in [7, 11) is 3.80. The van der Waals surface area contributed by atoms with Gasteiger partial charge in [-0.2, -0.15) is 0 Å². The van der Waals surface area contributed by atoms with E-state index in [1.165, 1.54) is 0 Å².